The van der Waals surface area contributed by atoms with Crippen LogP contribution in [0.3, 0.4) is 0 Å². The molecule has 140 valence electrons. The number of carbonyl (C=O) groups excluding carboxylic acids is 1. The predicted molar refractivity (Wildman–Crippen MR) is 110 cm³/mol. The number of fused-ring (bicyclic) bond motifs is 1. The highest BCUT2D eigenvalue weighted by Crippen LogP contribution is 2.21. The maximum Gasteiger partial charge on any atom is 0.336 e. The van der Waals surface area contributed by atoms with Gasteiger partial charge in [0.25, 0.3) is 5.91 Å². The van der Waals surface area contributed by atoms with Gasteiger partial charge in [-0.3, -0.25) is 4.79 Å². The summed E-state index contributed by atoms with van der Waals surface area (Å²) in [6.45, 7) is 4.69. The first-order valence-corrected chi connectivity index (χ1v) is 9.07. The molecule has 0 radical (unpaired) electrons. The van der Waals surface area contributed by atoms with E-state index >= 15 is 0 Å². The van der Waals surface area contributed by atoms with Crippen molar-refractivity contribution in [3.63, 3.8) is 0 Å². The third kappa shape index (κ3) is 3.47. The largest absolute Gasteiger partial charge is 0.423 e. The Bertz CT molecular complexity index is 1220. The molecule has 2 heterocycles. The molecule has 0 unspecified atom stereocenters. The molecule has 2 aromatic heterocycles. The Morgan fingerprint density at radius 2 is 1.79 bits per heavy atom. The van der Waals surface area contributed by atoms with E-state index in [1.54, 1.807) is 24.3 Å². The Kier molecular flexibility index (Phi) is 4.57. The highest BCUT2D eigenvalue weighted by atomic mass is 16.4. The number of anilines is 1. The molecule has 0 saturated heterocycles. The van der Waals surface area contributed by atoms with Gasteiger partial charge in [0, 0.05) is 35.1 Å². The molecule has 1 N–H and O–H groups in total. The van der Waals surface area contributed by atoms with Crippen molar-refractivity contribution in [2.75, 3.05) is 5.32 Å². The Balaban J connectivity index is 1.59. The van der Waals surface area contributed by atoms with Gasteiger partial charge in [-0.2, -0.15) is 0 Å². The summed E-state index contributed by atoms with van der Waals surface area (Å²) in [5, 5.41) is 3.69. The highest BCUT2D eigenvalue weighted by Gasteiger charge is 2.16. The summed E-state index contributed by atoms with van der Waals surface area (Å²) in [4.78, 5) is 24.1. The first-order valence-electron chi connectivity index (χ1n) is 9.07. The fraction of sp³-hybridized carbons (Fsp3) is 0.130. The van der Waals surface area contributed by atoms with E-state index in [0.717, 1.165) is 23.3 Å². The molecule has 0 aliphatic rings. The maximum absolute atomic E-state index is 12.8. The lowest BCUT2D eigenvalue weighted by Crippen LogP contribution is -2.13. The minimum absolute atomic E-state index is 0.163. The number of amides is 1. The third-order valence-electron chi connectivity index (χ3n) is 4.88. The van der Waals surface area contributed by atoms with Crippen molar-refractivity contribution < 1.29 is 9.21 Å². The normalized spacial score (nSPS) is 10.9. The molecule has 0 saturated carbocycles. The van der Waals surface area contributed by atoms with E-state index in [0.29, 0.717) is 16.8 Å². The molecular formula is C23H20N2O3. The Morgan fingerprint density at radius 1 is 1.00 bits per heavy atom. The van der Waals surface area contributed by atoms with Crippen molar-refractivity contribution in [2.45, 2.75) is 20.4 Å². The zero-order valence-corrected chi connectivity index (χ0v) is 15.7. The lowest BCUT2D eigenvalue weighted by molar-refractivity contribution is 0.102. The first kappa shape index (κ1) is 17.8. The minimum Gasteiger partial charge on any atom is -0.423 e. The summed E-state index contributed by atoms with van der Waals surface area (Å²) in [7, 11) is 0. The van der Waals surface area contributed by atoms with Gasteiger partial charge < -0.3 is 14.3 Å². The van der Waals surface area contributed by atoms with E-state index in [-0.39, 0.29) is 5.91 Å². The van der Waals surface area contributed by atoms with E-state index in [9.17, 15) is 9.59 Å². The number of carbonyl (C=O) groups is 1. The van der Waals surface area contributed by atoms with Crippen LogP contribution in [0.2, 0.25) is 0 Å². The van der Waals surface area contributed by atoms with Crippen LogP contribution >= 0.6 is 0 Å². The second-order valence-electron chi connectivity index (χ2n) is 6.82. The number of hydrogen-bond acceptors (Lipinski definition) is 3. The highest BCUT2D eigenvalue weighted by molar-refractivity contribution is 6.06. The van der Waals surface area contributed by atoms with Crippen LogP contribution in [-0.4, -0.2) is 10.5 Å². The summed E-state index contributed by atoms with van der Waals surface area (Å²) in [6.07, 6.45) is 0. The molecule has 0 atom stereocenters. The van der Waals surface area contributed by atoms with Crippen LogP contribution in [0.1, 0.15) is 27.3 Å². The van der Waals surface area contributed by atoms with Gasteiger partial charge in [0.2, 0.25) is 0 Å². The maximum atomic E-state index is 12.8. The van der Waals surface area contributed by atoms with Crippen LogP contribution in [0.5, 0.6) is 0 Å². The van der Waals surface area contributed by atoms with Crippen molar-refractivity contribution in [1.29, 1.82) is 0 Å². The van der Waals surface area contributed by atoms with Gasteiger partial charge in [0.1, 0.15) is 5.58 Å². The van der Waals surface area contributed by atoms with Crippen molar-refractivity contribution in [2.24, 2.45) is 0 Å². The van der Waals surface area contributed by atoms with E-state index in [1.807, 2.05) is 38.1 Å². The molecule has 0 bridgehead atoms. The van der Waals surface area contributed by atoms with E-state index < -0.39 is 5.63 Å². The Morgan fingerprint density at radius 3 is 2.57 bits per heavy atom. The van der Waals surface area contributed by atoms with Crippen LogP contribution in [0.4, 0.5) is 5.69 Å². The van der Waals surface area contributed by atoms with Crippen LogP contribution < -0.4 is 10.9 Å². The molecule has 1 amide bonds. The number of nitrogens with zero attached hydrogens (tertiary/aromatic N) is 1. The molecular weight excluding hydrogens is 352 g/mol. The molecule has 4 aromatic rings. The molecule has 0 aliphatic heterocycles. The van der Waals surface area contributed by atoms with Gasteiger partial charge in [-0.15, -0.1) is 0 Å². The molecule has 28 heavy (non-hydrogen) atoms. The second kappa shape index (κ2) is 7.19. The van der Waals surface area contributed by atoms with Crippen molar-refractivity contribution in [1.82, 2.24) is 4.57 Å². The van der Waals surface area contributed by atoms with E-state index in [2.05, 4.69) is 22.0 Å². The monoisotopic (exact) mass is 372 g/mol. The number of aryl methyl sites for hydroxylation is 1. The topological polar surface area (TPSA) is 64.2 Å². The molecule has 5 nitrogen and oxygen atoms in total. The minimum atomic E-state index is -0.393. The fourth-order valence-corrected chi connectivity index (χ4v) is 3.39. The molecule has 0 aliphatic carbocycles. The predicted octanol–water partition coefficient (Wildman–Crippen LogP) is 4.51. The Hall–Kier alpha value is -3.60. The summed E-state index contributed by atoms with van der Waals surface area (Å²) < 4.78 is 7.27. The Labute approximate surface area is 162 Å². The van der Waals surface area contributed by atoms with E-state index in [4.69, 9.17) is 4.42 Å². The van der Waals surface area contributed by atoms with Crippen LogP contribution in [0.25, 0.3) is 11.0 Å². The van der Waals surface area contributed by atoms with Gasteiger partial charge in [0.05, 0.1) is 5.56 Å². The number of nitrogens with one attached hydrogen (secondary N) is 1. The fourth-order valence-electron chi connectivity index (χ4n) is 3.39. The van der Waals surface area contributed by atoms with E-state index in [1.165, 1.54) is 11.6 Å². The third-order valence-corrected chi connectivity index (χ3v) is 4.88. The smallest absolute Gasteiger partial charge is 0.336 e. The lowest BCUT2D eigenvalue weighted by Gasteiger charge is -2.10. The van der Waals surface area contributed by atoms with Crippen LogP contribution in [-0.2, 0) is 6.54 Å². The summed E-state index contributed by atoms with van der Waals surface area (Å²) in [5.41, 5.74) is 4.54. The van der Waals surface area contributed by atoms with Gasteiger partial charge in [-0.05, 0) is 49.7 Å². The van der Waals surface area contributed by atoms with Crippen molar-refractivity contribution in [3.8, 4) is 0 Å². The summed E-state index contributed by atoms with van der Waals surface area (Å²) in [5.74, 6) is -0.163. The molecule has 2 aromatic carbocycles. The number of benzene rings is 2. The van der Waals surface area contributed by atoms with Gasteiger partial charge in [-0.1, -0.05) is 30.3 Å². The zero-order valence-electron chi connectivity index (χ0n) is 15.7. The van der Waals surface area contributed by atoms with Crippen molar-refractivity contribution >= 4 is 22.6 Å². The van der Waals surface area contributed by atoms with Crippen molar-refractivity contribution in [3.05, 3.63) is 99.7 Å². The number of aromatic nitrogens is 1. The average Bonchev–Trinajstić information content (AvgIpc) is 2.97. The SMILES string of the molecule is Cc1cc(C(=O)Nc2ccc3oc(=O)ccc3c2)c(C)n1Cc1ccccc1. The summed E-state index contributed by atoms with van der Waals surface area (Å²) >= 11 is 0. The summed E-state index contributed by atoms with van der Waals surface area (Å²) in [6, 6.07) is 20.3. The van der Waals surface area contributed by atoms with Gasteiger partial charge in [0.15, 0.2) is 0 Å². The lowest BCUT2D eigenvalue weighted by atomic mass is 10.2. The standard InChI is InChI=1S/C23H20N2O3/c1-15-12-20(16(2)25(15)14-17-6-4-3-5-7-17)23(27)24-19-9-10-21-18(13-19)8-11-22(26)28-21/h3-13H,14H2,1-2H3,(H,24,27). The molecule has 0 spiro atoms. The average molecular weight is 372 g/mol. The second-order valence-corrected chi connectivity index (χ2v) is 6.82. The molecule has 5 heteroatoms. The number of hydrogen-bond donors (Lipinski definition) is 1. The molecule has 4 rings (SSSR count). The quantitative estimate of drug-likeness (QED) is 0.536. The molecule has 0 fully saturated rings. The van der Waals surface area contributed by atoms with Gasteiger partial charge in [-0.25, -0.2) is 4.79 Å². The first-order chi connectivity index (χ1) is 13.5. The zero-order chi connectivity index (χ0) is 19.7. The van der Waals surface area contributed by atoms with Gasteiger partial charge >= 0.3 is 5.63 Å². The van der Waals surface area contributed by atoms with Crippen LogP contribution in [0.15, 0.2) is 75.9 Å². The van der Waals surface area contributed by atoms with Crippen LogP contribution in [0, 0.1) is 13.8 Å². The number of rotatable bonds is 4.